The summed E-state index contributed by atoms with van der Waals surface area (Å²) in [5, 5.41) is 7.55. The number of rotatable bonds is 6. The molecule has 0 saturated carbocycles. The van der Waals surface area contributed by atoms with Gasteiger partial charge >= 0.3 is 0 Å². The fraction of sp³-hybridized carbons (Fsp3) is 0.333. The van der Waals surface area contributed by atoms with Gasteiger partial charge in [-0.1, -0.05) is 0 Å². The summed E-state index contributed by atoms with van der Waals surface area (Å²) in [6.45, 7) is 3.04. The van der Waals surface area contributed by atoms with E-state index in [0.717, 1.165) is 5.75 Å². The molecule has 0 aliphatic carbocycles. The lowest BCUT2D eigenvalue weighted by molar-refractivity contribution is 0.258. The lowest BCUT2D eigenvalue weighted by atomic mass is 10.3. The van der Waals surface area contributed by atoms with Crippen LogP contribution in [0.2, 0.25) is 0 Å². The van der Waals surface area contributed by atoms with Crippen molar-refractivity contribution < 1.29 is 13.9 Å². The van der Waals surface area contributed by atoms with E-state index in [9.17, 15) is 0 Å². The Labute approximate surface area is 105 Å². The molecule has 0 fully saturated rings. The second kappa shape index (κ2) is 6.02. The standard InChI is InChI=1S/C12H15N3O3/c1-2-16-9-3-5-10(6-4-9)17-8-12-15-14-11(7-13)18-12/h3-6H,2,7-8,13H2,1H3. The van der Waals surface area contributed by atoms with Gasteiger partial charge in [-0.15, -0.1) is 10.2 Å². The van der Waals surface area contributed by atoms with Crippen molar-refractivity contribution in [2.45, 2.75) is 20.1 Å². The summed E-state index contributed by atoms with van der Waals surface area (Å²) in [6.07, 6.45) is 0. The Morgan fingerprint density at radius 3 is 2.22 bits per heavy atom. The van der Waals surface area contributed by atoms with Crippen LogP contribution in [0, 0.1) is 0 Å². The van der Waals surface area contributed by atoms with Gasteiger partial charge in [-0.05, 0) is 31.2 Å². The normalized spacial score (nSPS) is 10.3. The molecule has 0 aliphatic heterocycles. The Morgan fingerprint density at radius 2 is 1.67 bits per heavy atom. The molecule has 2 N–H and O–H groups in total. The maximum atomic E-state index is 5.49. The van der Waals surface area contributed by atoms with E-state index in [-0.39, 0.29) is 13.2 Å². The minimum Gasteiger partial charge on any atom is -0.494 e. The molecule has 96 valence electrons. The first-order chi connectivity index (χ1) is 8.81. The van der Waals surface area contributed by atoms with Gasteiger partial charge in [-0.25, -0.2) is 0 Å². The highest BCUT2D eigenvalue weighted by Crippen LogP contribution is 2.18. The maximum absolute atomic E-state index is 5.49. The lowest BCUT2D eigenvalue weighted by Gasteiger charge is -2.05. The van der Waals surface area contributed by atoms with Crippen LogP contribution < -0.4 is 15.2 Å². The Balaban J connectivity index is 1.89. The van der Waals surface area contributed by atoms with Gasteiger partial charge in [-0.3, -0.25) is 0 Å². The Morgan fingerprint density at radius 1 is 1.06 bits per heavy atom. The average Bonchev–Trinajstić information content (AvgIpc) is 2.86. The highest BCUT2D eigenvalue weighted by Gasteiger charge is 2.05. The number of hydrogen-bond donors (Lipinski definition) is 1. The van der Waals surface area contributed by atoms with E-state index in [1.165, 1.54) is 0 Å². The van der Waals surface area contributed by atoms with Gasteiger partial charge in [0, 0.05) is 0 Å². The van der Waals surface area contributed by atoms with E-state index in [1.807, 2.05) is 31.2 Å². The Kier molecular flexibility index (Phi) is 4.14. The third kappa shape index (κ3) is 3.21. The first-order valence-corrected chi connectivity index (χ1v) is 5.68. The molecule has 0 unspecified atom stereocenters. The van der Waals surface area contributed by atoms with Crippen LogP contribution in [0.25, 0.3) is 0 Å². The van der Waals surface area contributed by atoms with Crippen LogP contribution in [0.4, 0.5) is 0 Å². The highest BCUT2D eigenvalue weighted by molar-refractivity contribution is 5.31. The van der Waals surface area contributed by atoms with Crippen molar-refractivity contribution in [2.75, 3.05) is 6.61 Å². The molecular weight excluding hydrogens is 234 g/mol. The van der Waals surface area contributed by atoms with Gasteiger partial charge in [0.1, 0.15) is 11.5 Å². The number of ether oxygens (including phenoxy) is 2. The smallest absolute Gasteiger partial charge is 0.253 e. The Hall–Kier alpha value is -2.08. The molecule has 0 radical (unpaired) electrons. The molecule has 2 rings (SSSR count). The molecule has 0 saturated heterocycles. The topological polar surface area (TPSA) is 83.4 Å². The first kappa shape index (κ1) is 12.4. The average molecular weight is 249 g/mol. The summed E-state index contributed by atoms with van der Waals surface area (Å²) in [5.41, 5.74) is 5.36. The van der Waals surface area contributed by atoms with E-state index >= 15 is 0 Å². The monoisotopic (exact) mass is 249 g/mol. The number of nitrogens with two attached hydrogens (primary N) is 1. The quantitative estimate of drug-likeness (QED) is 0.835. The van der Waals surface area contributed by atoms with Gasteiger partial charge in [0.15, 0.2) is 6.61 Å². The summed E-state index contributed by atoms with van der Waals surface area (Å²) < 4.78 is 16.0. The molecule has 2 aromatic rings. The molecule has 0 bridgehead atoms. The minimum absolute atomic E-state index is 0.223. The fourth-order valence-electron chi connectivity index (χ4n) is 1.37. The van der Waals surface area contributed by atoms with Crippen LogP contribution >= 0.6 is 0 Å². The van der Waals surface area contributed by atoms with Crippen LogP contribution in [0.5, 0.6) is 11.5 Å². The first-order valence-electron chi connectivity index (χ1n) is 5.68. The van der Waals surface area contributed by atoms with Crippen LogP contribution in [0.1, 0.15) is 18.7 Å². The van der Waals surface area contributed by atoms with Crippen molar-refractivity contribution in [3.63, 3.8) is 0 Å². The zero-order valence-corrected chi connectivity index (χ0v) is 10.1. The van der Waals surface area contributed by atoms with E-state index in [0.29, 0.717) is 24.1 Å². The van der Waals surface area contributed by atoms with Gasteiger partial charge in [0.05, 0.1) is 13.2 Å². The lowest BCUT2D eigenvalue weighted by Crippen LogP contribution is -1.96. The SMILES string of the molecule is CCOc1ccc(OCc2nnc(CN)o2)cc1. The zero-order chi connectivity index (χ0) is 12.8. The van der Waals surface area contributed by atoms with Gasteiger partial charge < -0.3 is 19.6 Å². The fourth-order valence-corrected chi connectivity index (χ4v) is 1.37. The molecule has 1 aromatic carbocycles. The highest BCUT2D eigenvalue weighted by atomic mass is 16.5. The molecule has 0 atom stereocenters. The summed E-state index contributed by atoms with van der Waals surface area (Å²) in [5.74, 6) is 2.34. The molecule has 0 amide bonds. The second-order valence-electron chi connectivity index (χ2n) is 3.49. The molecule has 1 aromatic heterocycles. The van der Waals surface area contributed by atoms with Crippen molar-refractivity contribution in [3.8, 4) is 11.5 Å². The van der Waals surface area contributed by atoms with Crippen LogP contribution in [-0.2, 0) is 13.2 Å². The zero-order valence-electron chi connectivity index (χ0n) is 10.1. The number of hydrogen-bond acceptors (Lipinski definition) is 6. The molecule has 18 heavy (non-hydrogen) atoms. The molecular formula is C12H15N3O3. The number of aromatic nitrogens is 2. The van der Waals surface area contributed by atoms with Gasteiger partial charge in [0.25, 0.3) is 5.89 Å². The molecule has 0 spiro atoms. The van der Waals surface area contributed by atoms with Crippen LogP contribution in [0.15, 0.2) is 28.7 Å². The molecule has 0 aliphatic rings. The van der Waals surface area contributed by atoms with E-state index < -0.39 is 0 Å². The van der Waals surface area contributed by atoms with Crippen LogP contribution in [0.3, 0.4) is 0 Å². The van der Waals surface area contributed by atoms with Crippen molar-refractivity contribution in [2.24, 2.45) is 5.73 Å². The predicted octanol–water partition coefficient (Wildman–Crippen LogP) is 1.51. The van der Waals surface area contributed by atoms with E-state index in [2.05, 4.69) is 10.2 Å². The van der Waals surface area contributed by atoms with Gasteiger partial charge in [-0.2, -0.15) is 0 Å². The van der Waals surface area contributed by atoms with Crippen molar-refractivity contribution in [1.82, 2.24) is 10.2 Å². The van der Waals surface area contributed by atoms with E-state index in [4.69, 9.17) is 19.6 Å². The summed E-state index contributed by atoms with van der Waals surface area (Å²) in [7, 11) is 0. The third-order valence-corrected chi connectivity index (χ3v) is 2.18. The minimum atomic E-state index is 0.223. The van der Waals surface area contributed by atoms with E-state index in [1.54, 1.807) is 0 Å². The number of nitrogens with zero attached hydrogens (tertiary/aromatic N) is 2. The summed E-state index contributed by atoms with van der Waals surface area (Å²) in [6, 6.07) is 7.34. The molecule has 6 nitrogen and oxygen atoms in total. The molecule has 6 heteroatoms. The summed E-state index contributed by atoms with van der Waals surface area (Å²) in [4.78, 5) is 0. The second-order valence-corrected chi connectivity index (χ2v) is 3.49. The van der Waals surface area contributed by atoms with Gasteiger partial charge in [0.2, 0.25) is 5.89 Å². The predicted molar refractivity (Wildman–Crippen MR) is 64.1 cm³/mol. The Bertz CT molecular complexity index is 482. The number of benzene rings is 1. The molecule has 1 heterocycles. The van der Waals surface area contributed by atoms with Crippen molar-refractivity contribution in [1.29, 1.82) is 0 Å². The van der Waals surface area contributed by atoms with Crippen molar-refractivity contribution >= 4 is 0 Å². The van der Waals surface area contributed by atoms with Crippen LogP contribution in [-0.4, -0.2) is 16.8 Å². The third-order valence-electron chi connectivity index (χ3n) is 2.18. The summed E-state index contributed by atoms with van der Waals surface area (Å²) >= 11 is 0. The maximum Gasteiger partial charge on any atom is 0.253 e. The van der Waals surface area contributed by atoms with Crippen molar-refractivity contribution in [3.05, 3.63) is 36.0 Å². The largest absolute Gasteiger partial charge is 0.494 e.